The van der Waals surface area contributed by atoms with Crippen molar-refractivity contribution < 1.29 is 0 Å². The molecular formula is C22H22Cl2N2S. The SMILES string of the molecule is Cc1c(CNCc2cccs2)c2ccccc2n1Cc1ccccc1Cl.Cl. The first-order valence-electron chi connectivity index (χ1n) is 8.77. The maximum absolute atomic E-state index is 6.40. The first kappa shape index (κ1) is 20.0. The van der Waals surface area contributed by atoms with Crippen molar-refractivity contribution in [1.82, 2.24) is 9.88 Å². The fourth-order valence-corrected chi connectivity index (χ4v) is 4.32. The third-order valence-corrected chi connectivity index (χ3v) is 6.07. The zero-order valence-corrected chi connectivity index (χ0v) is 17.5. The van der Waals surface area contributed by atoms with Crippen LogP contribution in [0.15, 0.2) is 66.0 Å². The maximum Gasteiger partial charge on any atom is 0.0493 e. The van der Waals surface area contributed by atoms with Crippen LogP contribution in [0.1, 0.15) is 21.7 Å². The minimum absolute atomic E-state index is 0. The van der Waals surface area contributed by atoms with Gasteiger partial charge in [-0.2, -0.15) is 0 Å². The summed E-state index contributed by atoms with van der Waals surface area (Å²) in [6, 6.07) is 21.0. The highest BCUT2D eigenvalue weighted by Gasteiger charge is 2.14. The van der Waals surface area contributed by atoms with Crippen LogP contribution in [0.25, 0.3) is 10.9 Å². The van der Waals surface area contributed by atoms with E-state index in [1.165, 1.54) is 27.0 Å². The summed E-state index contributed by atoms with van der Waals surface area (Å²) >= 11 is 8.19. The van der Waals surface area contributed by atoms with E-state index >= 15 is 0 Å². The van der Waals surface area contributed by atoms with Crippen molar-refractivity contribution in [2.24, 2.45) is 0 Å². The molecular weight excluding hydrogens is 395 g/mol. The molecule has 0 radical (unpaired) electrons. The molecule has 0 fully saturated rings. The summed E-state index contributed by atoms with van der Waals surface area (Å²) in [4.78, 5) is 1.36. The van der Waals surface area contributed by atoms with Crippen LogP contribution in [0.4, 0.5) is 0 Å². The molecule has 0 aliphatic heterocycles. The molecule has 0 unspecified atom stereocenters. The number of aromatic nitrogens is 1. The zero-order valence-electron chi connectivity index (χ0n) is 15.1. The summed E-state index contributed by atoms with van der Waals surface area (Å²) < 4.78 is 2.37. The lowest BCUT2D eigenvalue weighted by atomic mass is 10.1. The van der Waals surface area contributed by atoms with Crippen molar-refractivity contribution in [1.29, 1.82) is 0 Å². The summed E-state index contributed by atoms with van der Waals surface area (Å²) in [5.41, 5.74) is 5.07. The first-order valence-corrected chi connectivity index (χ1v) is 10.0. The quantitative estimate of drug-likeness (QED) is 0.383. The van der Waals surface area contributed by atoms with Gasteiger partial charge in [-0.3, -0.25) is 0 Å². The van der Waals surface area contributed by atoms with Gasteiger partial charge in [-0.05, 0) is 41.6 Å². The first-order chi connectivity index (χ1) is 12.7. The number of nitrogens with one attached hydrogen (secondary N) is 1. The molecule has 140 valence electrons. The van der Waals surface area contributed by atoms with Crippen molar-refractivity contribution in [2.75, 3.05) is 0 Å². The highest BCUT2D eigenvalue weighted by molar-refractivity contribution is 7.09. The Kier molecular flexibility index (Phi) is 6.61. The van der Waals surface area contributed by atoms with Crippen molar-refractivity contribution >= 4 is 46.2 Å². The predicted molar refractivity (Wildman–Crippen MR) is 119 cm³/mol. The molecule has 1 N–H and O–H groups in total. The lowest BCUT2D eigenvalue weighted by Gasteiger charge is -2.11. The molecule has 0 aliphatic carbocycles. The van der Waals surface area contributed by atoms with Gasteiger partial charge in [-0.1, -0.05) is 54.1 Å². The minimum Gasteiger partial charge on any atom is -0.340 e. The summed E-state index contributed by atoms with van der Waals surface area (Å²) in [7, 11) is 0. The van der Waals surface area contributed by atoms with Crippen LogP contribution in [-0.4, -0.2) is 4.57 Å². The Morgan fingerprint density at radius 3 is 2.52 bits per heavy atom. The van der Waals surface area contributed by atoms with Gasteiger partial charge in [0.25, 0.3) is 0 Å². The third kappa shape index (κ3) is 4.22. The number of thiophene rings is 1. The highest BCUT2D eigenvalue weighted by atomic mass is 35.5. The van der Waals surface area contributed by atoms with E-state index in [2.05, 4.69) is 64.7 Å². The second-order valence-corrected chi connectivity index (χ2v) is 7.88. The Hall–Kier alpha value is -1.78. The lowest BCUT2D eigenvalue weighted by Crippen LogP contribution is -2.13. The Labute approximate surface area is 175 Å². The van der Waals surface area contributed by atoms with Crippen LogP contribution in [0.2, 0.25) is 5.02 Å². The predicted octanol–water partition coefficient (Wildman–Crippen LogP) is 6.42. The smallest absolute Gasteiger partial charge is 0.0493 e. The van der Waals surface area contributed by atoms with E-state index in [4.69, 9.17) is 11.6 Å². The monoisotopic (exact) mass is 416 g/mol. The second-order valence-electron chi connectivity index (χ2n) is 6.44. The van der Waals surface area contributed by atoms with E-state index in [0.717, 1.165) is 30.2 Å². The number of halogens is 2. The summed E-state index contributed by atoms with van der Waals surface area (Å²) in [6.45, 7) is 4.76. The van der Waals surface area contributed by atoms with E-state index in [0.29, 0.717) is 0 Å². The van der Waals surface area contributed by atoms with Crippen LogP contribution in [0.5, 0.6) is 0 Å². The zero-order chi connectivity index (χ0) is 17.9. The molecule has 0 saturated heterocycles. The molecule has 0 bridgehead atoms. The number of fused-ring (bicyclic) bond motifs is 1. The third-order valence-electron chi connectivity index (χ3n) is 4.83. The van der Waals surface area contributed by atoms with Crippen molar-refractivity contribution in [3.8, 4) is 0 Å². The summed E-state index contributed by atoms with van der Waals surface area (Å²) in [5, 5.41) is 7.86. The average Bonchev–Trinajstić information content (AvgIpc) is 3.26. The fourth-order valence-electron chi connectivity index (χ4n) is 3.45. The molecule has 2 aromatic carbocycles. The number of rotatable bonds is 6. The van der Waals surface area contributed by atoms with Crippen molar-refractivity contribution in [2.45, 2.75) is 26.6 Å². The van der Waals surface area contributed by atoms with Crippen LogP contribution in [-0.2, 0) is 19.6 Å². The van der Waals surface area contributed by atoms with Gasteiger partial charge in [0.15, 0.2) is 0 Å². The van der Waals surface area contributed by atoms with E-state index in [-0.39, 0.29) is 12.4 Å². The largest absolute Gasteiger partial charge is 0.340 e. The molecule has 5 heteroatoms. The Morgan fingerprint density at radius 2 is 1.74 bits per heavy atom. The number of hydrogen-bond donors (Lipinski definition) is 1. The van der Waals surface area contributed by atoms with Gasteiger partial charge in [-0.15, -0.1) is 23.7 Å². The van der Waals surface area contributed by atoms with Gasteiger partial charge in [0.1, 0.15) is 0 Å². The van der Waals surface area contributed by atoms with E-state index in [1.54, 1.807) is 11.3 Å². The minimum atomic E-state index is 0. The number of nitrogens with zero attached hydrogens (tertiary/aromatic N) is 1. The molecule has 27 heavy (non-hydrogen) atoms. The molecule has 2 heterocycles. The molecule has 0 atom stereocenters. The second kappa shape index (κ2) is 8.94. The van der Waals surface area contributed by atoms with Gasteiger partial charge in [0.05, 0.1) is 0 Å². The number of benzene rings is 2. The van der Waals surface area contributed by atoms with E-state index < -0.39 is 0 Å². The molecule has 4 rings (SSSR count). The molecule has 2 aromatic heterocycles. The molecule has 0 aliphatic rings. The molecule has 0 amide bonds. The molecule has 0 saturated carbocycles. The highest BCUT2D eigenvalue weighted by Crippen LogP contribution is 2.28. The van der Waals surface area contributed by atoms with Gasteiger partial charge in [0, 0.05) is 46.1 Å². The molecule has 4 aromatic rings. The summed E-state index contributed by atoms with van der Waals surface area (Å²) in [5.74, 6) is 0. The van der Waals surface area contributed by atoms with E-state index in [9.17, 15) is 0 Å². The van der Waals surface area contributed by atoms with Gasteiger partial charge in [0.2, 0.25) is 0 Å². The topological polar surface area (TPSA) is 17.0 Å². The Bertz CT molecular complexity index is 1020. The number of hydrogen-bond acceptors (Lipinski definition) is 2. The number of para-hydroxylation sites is 1. The van der Waals surface area contributed by atoms with Gasteiger partial charge in [-0.25, -0.2) is 0 Å². The maximum atomic E-state index is 6.40. The van der Waals surface area contributed by atoms with Crippen molar-refractivity contribution in [3.05, 3.63) is 92.8 Å². The van der Waals surface area contributed by atoms with Crippen LogP contribution in [0.3, 0.4) is 0 Å². The van der Waals surface area contributed by atoms with Crippen LogP contribution < -0.4 is 5.32 Å². The Balaban J connectivity index is 0.00000210. The standard InChI is InChI=1S/C22H21ClN2S.ClH/c1-16-20(14-24-13-18-8-6-12-26-18)19-9-3-5-11-22(19)25(16)15-17-7-2-4-10-21(17)23;/h2-12,24H,13-15H2,1H3;1H. The van der Waals surface area contributed by atoms with Crippen LogP contribution in [0, 0.1) is 6.92 Å². The van der Waals surface area contributed by atoms with Crippen LogP contribution >= 0.6 is 35.3 Å². The Morgan fingerprint density at radius 1 is 0.963 bits per heavy atom. The molecule has 2 nitrogen and oxygen atoms in total. The average molecular weight is 417 g/mol. The fraction of sp³-hybridized carbons (Fsp3) is 0.182. The normalized spacial score (nSPS) is 10.9. The molecule has 0 spiro atoms. The van der Waals surface area contributed by atoms with Gasteiger partial charge >= 0.3 is 0 Å². The van der Waals surface area contributed by atoms with Gasteiger partial charge < -0.3 is 9.88 Å². The van der Waals surface area contributed by atoms with E-state index in [1.807, 2.05) is 18.2 Å². The van der Waals surface area contributed by atoms with Crippen molar-refractivity contribution in [3.63, 3.8) is 0 Å². The lowest BCUT2D eigenvalue weighted by molar-refractivity contribution is 0.692. The summed E-state index contributed by atoms with van der Waals surface area (Å²) in [6.07, 6.45) is 0.